The number of fused-ring (bicyclic) bond motifs is 1. The second-order valence-electron chi connectivity index (χ2n) is 3.52. The van der Waals surface area contributed by atoms with Gasteiger partial charge in [0.2, 0.25) is 0 Å². The van der Waals surface area contributed by atoms with E-state index in [2.05, 4.69) is 17.2 Å². The molecule has 0 aliphatic heterocycles. The van der Waals surface area contributed by atoms with Gasteiger partial charge in [0.05, 0.1) is 11.3 Å². The van der Waals surface area contributed by atoms with E-state index in [1.54, 1.807) is 25.1 Å². The van der Waals surface area contributed by atoms with E-state index >= 15 is 0 Å². The molecule has 0 radical (unpaired) electrons. The first kappa shape index (κ1) is 11.5. The van der Waals surface area contributed by atoms with Gasteiger partial charge in [-0.25, -0.2) is 9.79 Å². The minimum atomic E-state index is -0.443. The second-order valence-corrected chi connectivity index (χ2v) is 3.94. The molecule has 2 aromatic rings. The molecule has 0 spiro atoms. The van der Waals surface area contributed by atoms with E-state index < -0.39 is 5.63 Å². The van der Waals surface area contributed by atoms with Gasteiger partial charge >= 0.3 is 5.63 Å². The second kappa shape index (κ2) is 4.47. The molecule has 4 nitrogen and oxygen atoms in total. The molecule has 1 heterocycles. The number of nitrogens with two attached hydrogens (primary N) is 1. The van der Waals surface area contributed by atoms with Gasteiger partial charge in [0.1, 0.15) is 5.58 Å². The first-order chi connectivity index (χ1) is 8.08. The molecule has 5 heteroatoms. The van der Waals surface area contributed by atoms with Gasteiger partial charge < -0.3 is 10.2 Å². The van der Waals surface area contributed by atoms with Crippen molar-refractivity contribution in [3.05, 3.63) is 46.3 Å². The maximum atomic E-state index is 11.7. The fraction of sp³-hybridized carbons (Fsp3) is 0.0833. The van der Waals surface area contributed by atoms with E-state index in [4.69, 9.17) is 10.2 Å². The van der Waals surface area contributed by atoms with Crippen molar-refractivity contribution in [2.45, 2.75) is 6.92 Å². The largest absolute Gasteiger partial charge is 0.422 e. The van der Waals surface area contributed by atoms with Gasteiger partial charge in [0, 0.05) is 5.39 Å². The molecule has 0 aliphatic rings. The highest BCUT2D eigenvalue weighted by atomic mass is 32.1. The number of rotatable bonds is 1. The van der Waals surface area contributed by atoms with Crippen LogP contribution < -0.4 is 11.4 Å². The molecule has 0 amide bonds. The summed E-state index contributed by atoms with van der Waals surface area (Å²) in [6, 6.07) is 8.99. The van der Waals surface area contributed by atoms with E-state index in [1.807, 2.05) is 12.1 Å². The average molecular weight is 246 g/mol. The standard InChI is InChI=1S/C12H10N2O2S/c1-7(14-12(13)17)9-6-8-4-2-3-5-10(8)16-11(9)15/h2-6H,1H3,(H2,13,17). The summed E-state index contributed by atoms with van der Waals surface area (Å²) in [5, 5.41) is 0.828. The molecule has 1 aromatic heterocycles. The van der Waals surface area contributed by atoms with Gasteiger partial charge in [-0.2, -0.15) is 0 Å². The van der Waals surface area contributed by atoms with E-state index in [1.165, 1.54) is 0 Å². The van der Waals surface area contributed by atoms with Crippen LogP contribution in [-0.4, -0.2) is 10.8 Å². The predicted octanol–water partition coefficient (Wildman–Crippen LogP) is 1.85. The molecule has 86 valence electrons. The summed E-state index contributed by atoms with van der Waals surface area (Å²) in [5.41, 5.74) is 6.23. The summed E-state index contributed by atoms with van der Waals surface area (Å²) in [5.74, 6) is 0. The van der Waals surface area contributed by atoms with Gasteiger partial charge in [0.25, 0.3) is 0 Å². The number of benzene rings is 1. The predicted molar refractivity (Wildman–Crippen MR) is 71.5 cm³/mol. The lowest BCUT2D eigenvalue weighted by Gasteiger charge is -2.01. The van der Waals surface area contributed by atoms with E-state index in [-0.39, 0.29) is 5.11 Å². The number of nitrogens with zero attached hydrogens (tertiary/aromatic N) is 1. The Bertz CT molecular complexity index is 674. The Morgan fingerprint density at radius 2 is 2.12 bits per heavy atom. The van der Waals surface area contributed by atoms with E-state index in [0.717, 1.165) is 5.39 Å². The van der Waals surface area contributed by atoms with Crippen molar-refractivity contribution >= 4 is 34.0 Å². The highest BCUT2D eigenvalue weighted by Gasteiger charge is 2.07. The lowest BCUT2D eigenvalue weighted by Crippen LogP contribution is -2.15. The van der Waals surface area contributed by atoms with Gasteiger partial charge in [-0.3, -0.25) is 0 Å². The molecule has 0 saturated heterocycles. The summed E-state index contributed by atoms with van der Waals surface area (Å²) in [7, 11) is 0. The van der Waals surface area contributed by atoms with Crippen molar-refractivity contribution in [1.82, 2.24) is 0 Å². The van der Waals surface area contributed by atoms with Crippen molar-refractivity contribution in [1.29, 1.82) is 0 Å². The molecule has 0 aliphatic carbocycles. The Morgan fingerprint density at radius 1 is 1.41 bits per heavy atom. The monoisotopic (exact) mass is 246 g/mol. The number of aliphatic imine (C=N–C) groups is 1. The summed E-state index contributed by atoms with van der Waals surface area (Å²) in [6.07, 6.45) is 0. The molecule has 0 unspecified atom stereocenters. The van der Waals surface area contributed by atoms with E-state index in [0.29, 0.717) is 16.9 Å². The highest BCUT2D eigenvalue weighted by molar-refractivity contribution is 7.80. The first-order valence-electron chi connectivity index (χ1n) is 4.96. The maximum absolute atomic E-state index is 11.7. The van der Waals surface area contributed by atoms with Crippen LogP contribution in [-0.2, 0) is 0 Å². The minimum absolute atomic E-state index is 0.00458. The molecule has 0 saturated carbocycles. The van der Waals surface area contributed by atoms with Crippen LogP contribution in [0, 0.1) is 0 Å². The zero-order valence-corrected chi connectivity index (χ0v) is 9.95. The Labute approximate surface area is 103 Å². The van der Waals surface area contributed by atoms with Crippen LogP contribution >= 0.6 is 12.2 Å². The Morgan fingerprint density at radius 3 is 2.82 bits per heavy atom. The molecular weight excluding hydrogens is 236 g/mol. The Hall–Kier alpha value is -2.01. The molecule has 0 fully saturated rings. The summed E-state index contributed by atoms with van der Waals surface area (Å²) in [4.78, 5) is 15.6. The smallest absolute Gasteiger partial charge is 0.345 e. The lowest BCUT2D eigenvalue weighted by molar-refractivity contribution is 0.559. The third kappa shape index (κ3) is 2.39. The van der Waals surface area contributed by atoms with Crippen molar-refractivity contribution < 1.29 is 4.42 Å². The van der Waals surface area contributed by atoms with Crippen molar-refractivity contribution in [3.8, 4) is 0 Å². The van der Waals surface area contributed by atoms with Crippen LogP contribution in [0.2, 0.25) is 0 Å². The molecule has 0 atom stereocenters. The minimum Gasteiger partial charge on any atom is -0.422 e. The number of hydrogen-bond donors (Lipinski definition) is 1. The third-order valence-corrected chi connectivity index (χ3v) is 2.40. The lowest BCUT2D eigenvalue weighted by atomic mass is 10.1. The van der Waals surface area contributed by atoms with Gasteiger partial charge in [-0.1, -0.05) is 18.2 Å². The molecule has 2 N–H and O–H groups in total. The highest BCUT2D eigenvalue weighted by Crippen LogP contribution is 2.12. The Balaban J connectivity index is 2.67. The molecule has 17 heavy (non-hydrogen) atoms. The number of para-hydroxylation sites is 1. The molecular formula is C12H10N2O2S. The number of thiocarbonyl (C=S) groups is 1. The van der Waals surface area contributed by atoms with Gasteiger partial charge in [-0.15, -0.1) is 0 Å². The fourth-order valence-electron chi connectivity index (χ4n) is 1.54. The molecule has 1 aromatic carbocycles. The van der Waals surface area contributed by atoms with Crippen LogP contribution in [0.1, 0.15) is 12.5 Å². The number of hydrogen-bond acceptors (Lipinski definition) is 3. The van der Waals surface area contributed by atoms with Crippen molar-refractivity contribution in [3.63, 3.8) is 0 Å². The molecule has 2 rings (SSSR count). The van der Waals surface area contributed by atoms with Crippen LogP contribution in [0.4, 0.5) is 0 Å². The third-order valence-electron chi connectivity index (χ3n) is 2.31. The van der Waals surface area contributed by atoms with Crippen molar-refractivity contribution in [2.24, 2.45) is 10.7 Å². The van der Waals surface area contributed by atoms with Crippen LogP contribution in [0.25, 0.3) is 11.0 Å². The van der Waals surface area contributed by atoms with Gasteiger partial charge in [0.15, 0.2) is 5.11 Å². The zero-order valence-electron chi connectivity index (χ0n) is 9.14. The fourth-order valence-corrected chi connectivity index (χ4v) is 1.68. The topological polar surface area (TPSA) is 68.6 Å². The SMILES string of the molecule is CC(=NC(N)=S)c1cc2ccccc2oc1=O. The van der Waals surface area contributed by atoms with Crippen LogP contribution in [0.5, 0.6) is 0 Å². The van der Waals surface area contributed by atoms with Crippen LogP contribution in [0.3, 0.4) is 0 Å². The maximum Gasteiger partial charge on any atom is 0.345 e. The summed E-state index contributed by atoms with van der Waals surface area (Å²) < 4.78 is 5.18. The van der Waals surface area contributed by atoms with Gasteiger partial charge in [-0.05, 0) is 31.3 Å². The average Bonchev–Trinajstić information content (AvgIpc) is 2.27. The summed E-state index contributed by atoms with van der Waals surface area (Å²) in [6.45, 7) is 1.67. The molecule has 0 bridgehead atoms. The first-order valence-corrected chi connectivity index (χ1v) is 5.37. The van der Waals surface area contributed by atoms with Crippen molar-refractivity contribution in [2.75, 3.05) is 0 Å². The quantitative estimate of drug-likeness (QED) is 0.473. The van der Waals surface area contributed by atoms with E-state index in [9.17, 15) is 4.79 Å². The normalized spacial score (nSPS) is 11.7. The van der Waals surface area contributed by atoms with Crippen LogP contribution in [0.15, 0.2) is 44.5 Å². The summed E-state index contributed by atoms with van der Waals surface area (Å²) >= 11 is 4.67. The Kier molecular flexibility index (Phi) is 3.01. The zero-order chi connectivity index (χ0) is 12.4.